The molecule has 0 saturated heterocycles. The topological polar surface area (TPSA) is 81.7 Å². The van der Waals surface area contributed by atoms with Crippen LogP contribution in [0.4, 0.5) is 0 Å². The quantitative estimate of drug-likeness (QED) is 0.764. The normalized spacial score (nSPS) is 12.5. The molecule has 3 rings (SSSR count). The van der Waals surface area contributed by atoms with Gasteiger partial charge >= 0.3 is 0 Å². The summed E-state index contributed by atoms with van der Waals surface area (Å²) in [6, 6.07) is 8.03. The molecule has 0 spiro atoms. The van der Waals surface area contributed by atoms with Gasteiger partial charge in [0.15, 0.2) is 5.82 Å². The van der Waals surface area contributed by atoms with Gasteiger partial charge in [0.1, 0.15) is 12.7 Å². The van der Waals surface area contributed by atoms with Crippen LogP contribution in [0.2, 0.25) is 0 Å². The number of benzene rings is 1. The summed E-state index contributed by atoms with van der Waals surface area (Å²) in [4.78, 5) is 8.33. The summed E-state index contributed by atoms with van der Waals surface area (Å²) in [7, 11) is 1.91. The Morgan fingerprint density at radius 2 is 2.10 bits per heavy atom. The van der Waals surface area contributed by atoms with E-state index in [4.69, 9.17) is 4.52 Å². The van der Waals surface area contributed by atoms with Crippen molar-refractivity contribution in [1.82, 2.24) is 30.2 Å². The lowest BCUT2D eigenvalue weighted by molar-refractivity contribution is 0.418. The largest absolute Gasteiger partial charge is 0.334 e. The highest BCUT2D eigenvalue weighted by atomic mass is 16.5. The number of nitrogens with one attached hydrogen (secondary N) is 1. The van der Waals surface area contributed by atoms with E-state index in [1.54, 1.807) is 11.0 Å². The van der Waals surface area contributed by atoms with Gasteiger partial charge in [-0.15, -0.1) is 0 Å². The van der Waals surface area contributed by atoms with Crippen LogP contribution in [0.1, 0.15) is 12.7 Å². The summed E-state index contributed by atoms with van der Waals surface area (Å²) in [6.07, 6.45) is 3.89. The molecule has 1 N–H and O–H groups in total. The molecule has 3 aromatic rings. The molecule has 0 aliphatic carbocycles. The Hall–Kier alpha value is -2.54. The van der Waals surface area contributed by atoms with Crippen LogP contribution >= 0.6 is 0 Å². The third-order valence-corrected chi connectivity index (χ3v) is 3.25. The summed E-state index contributed by atoms with van der Waals surface area (Å²) in [5.74, 6) is 1.23. The lowest BCUT2D eigenvalue weighted by atomic mass is 10.2. The maximum absolute atomic E-state index is 5.30. The molecule has 0 bridgehead atoms. The van der Waals surface area contributed by atoms with Crippen LogP contribution in [0.15, 0.2) is 41.4 Å². The fourth-order valence-electron chi connectivity index (χ4n) is 1.93. The molecule has 0 aliphatic heterocycles. The summed E-state index contributed by atoms with van der Waals surface area (Å²) in [6.45, 7) is 2.07. The second kappa shape index (κ2) is 5.84. The standard InChI is InChI=1S/C14H16N6O/c1-10(15-2)7-13-18-14(21-19-13)11-3-5-12(6-4-11)20-9-16-8-17-20/h3-6,8-10,15H,7H2,1-2H3. The summed E-state index contributed by atoms with van der Waals surface area (Å²) in [5, 5.41) is 11.2. The van der Waals surface area contributed by atoms with Crippen molar-refractivity contribution < 1.29 is 4.52 Å². The average molecular weight is 284 g/mol. The summed E-state index contributed by atoms with van der Waals surface area (Å²) < 4.78 is 7.00. The Morgan fingerprint density at radius 3 is 2.76 bits per heavy atom. The molecule has 2 heterocycles. The van der Waals surface area contributed by atoms with Crippen molar-refractivity contribution in [2.75, 3.05) is 7.05 Å². The smallest absolute Gasteiger partial charge is 0.257 e. The Morgan fingerprint density at radius 1 is 1.29 bits per heavy atom. The van der Waals surface area contributed by atoms with E-state index in [1.165, 1.54) is 6.33 Å². The molecule has 21 heavy (non-hydrogen) atoms. The van der Waals surface area contributed by atoms with Gasteiger partial charge in [0, 0.05) is 18.0 Å². The SMILES string of the molecule is CNC(C)Cc1noc(-c2ccc(-n3cncn3)cc2)n1. The van der Waals surface area contributed by atoms with Crippen molar-refractivity contribution in [3.63, 3.8) is 0 Å². The van der Waals surface area contributed by atoms with Crippen molar-refractivity contribution in [2.45, 2.75) is 19.4 Å². The predicted molar refractivity (Wildman–Crippen MR) is 76.9 cm³/mol. The van der Waals surface area contributed by atoms with Crippen LogP contribution in [-0.2, 0) is 6.42 Å². The minimum Gasteiger partial charge on any atom is -0.334 e. The second-order valence-electron chi connectivity index (χ2n) is 4.80. The number of hydrogen-bond donors (Lipinski definition) is 1. The van der Waals surface area contributed by atoms with Gasteiger partial charge in [-0.1, -0.05) is 5.16 Å². The zero-order chi connectivity index (χ0) is 14.7. The molecular formula is C14H16N6O. The molecule has 108 valence electrons. The Balaban J connectivity index is 1.78. The van der Waals surface area contributed by atoms with Crippen molar-refractivity contribution in [3.05, 3.63) is 42.7 Å². The van der Waals surface area contributed by atoms with Crippen LogP contribution in [0, 0.1) is 0 Å². The Bertz CT molecular complexity index is 689. The van der Waals surface area contributed by atoms with E-state index in [-0.39, 0.29) is 0 Å². The van der Waals surface area contributed by atoms with E-state index in [9.17, 15) is 0 Å². The number of hydrogen-bond acceptors (Lipinski definition) is 6. The third kappa shape index (κ3) is 2.97. The van der Waals surface area contributed by atoms with Gasteiger partial charge in [-0.2, -0.15) is 10.1 Å². The van der Waals surface area contributed by atoms with Crippen LogP contribution in [0.5, 0.6) is 0 Å². The van der Waals surface area contributed by atoms with Gasteiger partial charge in [0.2, 0.25) is 0 Å². The first-order valence-corrected chi connectivity index (χ1v) is 6.71. The molecular weight excluding hydrogens is 268 g/mol. The van der Waals surface area contributed by atoms with Gasteiger partial charge in [0.25, 0.3) is 5.89 Å². The Kier molecular flexibility index (Phi) is 3.74. The Labute approximate surface area is 122 Å². The fraction of sp³-hybridized carbons (Fsp3) is 0.286. The first-order chi connectivity index (χ1) is 10.3. The fourth-order valence-corrected chi connectivity index (χ4v) is 1.93. The molecule has 0 saturated carbocycles. The van der Waals surface area contributed by atoms with Gasteiger partial charge in [-0.05, 0) is 38.2 Å². The first-order valence-electron chi connectivity index (χ1n) is 6.71. The molecule has 1 unspecified atom stereocenters. The monoisotopic (exact) mass is 284 g/mol. The molecule has 2 aromatic heterocycles. The summed E-state index contributed by atoms with van der Waals surface area (Å²) in [5.41, 5.74) is 1.81. The lowest BCUT2D eigenvalue weighted by Gasteiger charge is -2.04. The van der Waals surface area contributed by atoms with Crippen molar-refractivity contribution >= 4 is 0 Å². The number of likely N-dealkylation sites (N-methyl/N-ethyl adjacent to an activating group) is 1. The van der Waals surface area contributed by atoms with E-state index in [1.807, 2.05) is 31.3 Å². The van der Waals surface area contributed by atoms with E-state index in [2.05, 4.69) is 32.5 Å². The summed E-state index contributed by atoms with van der Waals surface area (Å²) >= 11 is 0. The zero-order valence-electron chi connectivity index (χ0n) is 11.9. The number of rotatable bonds is 5. The van der Waals surface area contributed by atoms with Crippen molar-refractivity contribution in [2.24, 2.45) is 0 Å². The molecule has 1 atom stereocenters. The van der Waals surface area contributed by atoms with E-state index < -0.39 is 0 Å². The van der Waals surface area contributed by atoms with Crippen LogP contribution < -0.4 is 5.32 Å². The van der Waals surface area contributed by atoms with E-state index in [0.29, 0.717) is 17.8 Å². The molecule has 0 aliphatic rings. The van der Waals surface area contributed by atoms with Gasteiger partial charge in [-0.3, -0.25) is 0 Å². The zero-order valence-corrected chi connectivity index (χ0v) is 11.9. The highest BCUT2D eigenvalue weighted by molar-refractivity contribution is 5.55. The lowest BCUT2D eigenvalue weighted by Crippen LogP contribution is -2.24. The highest BCUT2D eigenvalue weighted by Crippen LogP contribution is 2.19. The van der Waals surface area contributed by atoms with Crippen LogP contribution in [0.3, 0.4) is 0 Å². The van der Waals surface area contributed by atoms with Gasteiger partial charge in [0.05, 0.1) is 5.69 Å². The average Bonchev–Trinajstić information content (AvgIpc) is 3.19. The van der Waals surface area contributed by atoms with Crippen LogP contribution in [-0.4, -0.2) is 38.0 Å². The third-order valence-electron chi connectivity index (χ3n) is 3.25. The highest BCUT2D eigenvalue weighted by Gasteiger charge is 2.11. The minimum absolute atomic E-state index is 0.310. The van der Waals surface area contributed by atoms with Crippen LogP contribution in [0.25, 0.3) is 17.1 Å². The number of nitrogens with zero attached hydrogens (tertiary/aromatic N) is 5. The van der Waals surface area contributed by atoms with E-state index in [0.717, 1.165) is 17.7 Å². The minimum atomic E-state index is 0.310. The van der Waals surface area contributed by atoms with Gasteiger partial charge < -0.3 is 9.84 Å². The molecule has 7 nitrogen and oxygen atoms in total. The maximum Gasteiger partial charge on any atom is 0.257 e. The molecule has 0 fully saturated rings. The first kappa shape index (κ1) is 13.4. The van der Waals surface area contributed by atoms with Crippen molar-refractivity contribution in [1.29, 1.82) is 0 Å². The number of aromatic nitrogens is 5. The molecule has 7 heteroatoms. The molecule has 0 radical (unpaired) electrons. The maximum atomic E-state index is 5.30. The molecule has 0 amide bonds. The van der Waals surface area contributed by atoms with Crippen molar-refractivity contribution in [3.8, 4) is 17.1 Å². The predicted octanol–water partition coefficient (Wildman–Crippen LogP) is 1.47. The van der Waals surface area contributed by atoms with E-state index >= 15 is 0 Å². The van der Waals surface area contributed by atoms with Gasteiger partial charge in [-0.25, -0.2) is 9.67 Å². The second-order valence-corrected chi connectivity index (χ2v) is 4.80. The molecule has 1 aromatic carbocycles.